The highest BCUT2D eigenvalue weighted by atomic mass is 32.2. The van der Waals surface area contributed by atoms with Crippen LogP contribution in [0.4, 0.5) is 16.5 Å². The minimum absolute atomic E-state index is 0.0357. The third-order valence-electron chi connectivity index (χ3n) is 3.91. The molecule has 0 radical (unpaired) electrons. The van der Waals surface area contributed by atoms with Crippen molar-refractivity contribution >= 4 is 62.8 Å². The first-order valence-corrected chi connectivity index (χ1v) is 11.3. The zero-order valence-electron chi connectivity index (χ0n) is 16.1. The summed E-state index contributed by atoms with van der Waals surface area (Å²) in [5, 5.41) is 12.1. The summed E-state index contributed by atoms with van der Waals surface area (Å²) in [6.07, 6.45) is 0.715. The molecule has 150 valence electrons. The van der Waals surface area contributed by atoms with Gasteiger partial charge in [0.25, 0.3) is 0 Å². The number of hydrogen-bond acceptors (Lipinski definition) is 5. The Kier molecular flexibility index (Phi) is 7.62. The molecule has 1 unspecified atom stereocenters. The highest BCUT2D eigenvalue weighted by Gasteiger charge is 2.19. The highest BCUT2D eigenvalue weighted by molar-refractivity contribution is 8.00. The molecule has 5 nitrogen and oxygen atoms in total. The lowest BCUT2D eigenvalue weighted by atomic mass is 10.3. The van der Waals surface area contributed by atoms with Gasteiger partial charge in [0.15, 0.2) is 10.2 Å². The largest absolute Gasteiger partial charge is 0.332 e. The average molecular weight is 443 g/mol. The van der Waals surface area contributed by atoms with Crippen LogP contribution in [0.3, 0.4) is 0 Å². The number of nitrogens with zero attached hydrogens (tertiary/aromatic N) is 1. The summed E-state index contributed by atoms with van der Waals surface area (Å²) < 4.78 is 0. The predicted octanol–water partition coefficient (Wildman–Crippen LogP) is 5.77. The third kappa shape index (κ3) is 6.56. The van der Waals surface area contributed by atoms with E-state index in [0.717, 1.165) is 22.0 Å². The van der Waals surface area contributed by atoms with Gasteiger partial charge in [0, 0.05) is 21.7 Å². The van der Waals surface area contributed by atoms with Crippen molar-refractivity contribution in [1.29, 1.82) is 0 Å². The van der Waals surface area contributed by atoms with E-state index in [-0.39, 0.29) is 11.2 Å². The number of para-hydroxylation sites is 1. The maximum atomic E-state index is 12.6. The lowest BCUT2D eigenvalue weighted by Gasteiger charge is -2.15. The fourth-order valence-electron chi connectivity index (χ4n) is 2.55. The molecular weight excluding hydrogens is 420 g/mol. The fraction of sp³-hybridized carbons (Fsp3) is 0.190. The Balaban J connectivity index is 1.60. The molecule has 0 aliphatic rings. The smallest absolute Gasteiger partial charge is 0.239 e. The Morgan fingerprint density at radius 3 is 2.52 bits per heavy atom. The first-order valence-electron chi connectivity index (χ1n) is 9.16. The summed E-state index contributed by atoms with van der Waals surface area (Å²) in [7, 11) is 0. The number of nitrogens with one attached hydrogen (secondary N) is 3. The van der Waals surface area contributed by atoms with Gasteiger partial charge >= 0.3 is 0 Å². The number of thioether (sulfide) groups is 1. The number of rotatable bonds is 7. The lowest BCUT2D eigenvalue weighted by molar-refractivity contribution is -0.115. The van der Waals surface area contributed by atoms with Crippen LogP contribution < -0.4 is 16.0 Å². The summed E-state index contributed by atoms with van der Waals surface area (Å²) in [5.41, 5.74) is 2.70. The topological polar surface area (TPSA) is 66.0 Å². The van der Waals surface area contributed by atoms with Gasteiger partial charge < -0.3 is 16.0 Å². The number of thiazole rings is 1. The fourth-order valence-corrected chi connectivity index (χ4v) is 4.49. The minimum Gasteiger partial charge on any atom is -0.332 e. The van der Waals surface area contributed by atoms with Crippen molar-refractivity contribution in [2.45, 2.75) is 30.4 Å². The number of carbonyl (C=O) groups is 1. The van der Waals surface area contributed by atoms with E-state index in [1.165, 1.54) is 23.1 Å². The zero-order chi connectivity index (χ0) is 20.6. The Bertz CT molecular complexity index is 975. The van der Waals surface area contributed by atoms with E-state index in [2.05, 4.69) is 20.9 Å². The van der Waals surface area contributed by atoms with Crippen LogP contribution in [0.5, 0.6) is 0 Å². The van der Waals surface area contributed by atoms with Crippen molar-refractivity contribution in [2.75, 3.05) is 16.0 Å². The Hall–Kier alpha value is -2.42. The van der Waals surface area contributed by atoms with Crippen LogP contribution in [0.15, 0.2) is 64.9 Å². The molecule has 0 bridgehead atoms. The molecular formula is C21H22N4OS3. The van der Waals surface area contributed by atoms with Crippen LogP contribution in [-0.2, 0) is 4.79 Å². The molecule has 1 heterocycles. The number of carbonyl (C=O) groups excluding carboxylic acids is 1. The van der Waals surface area contributed by atoms with E-state index >= 15 is 0 Å². The maximum absolute atomic E-state index is 12.6. The maximum Gasteiger partial charge on any atom is 0.239 e. The van der Waals surface area contributed by atoms with Crippen molar-refractivity contribution in [3.63, 3.8) is 0 Å². The standard InChI is InChI=1S/C21H22N4OS3/c1-3-18(19(26)25-21-22-14(2)13-28-21)29-17-11-7-10-16(12-17)24-20(27)23-15-8-5-4-6-9-15/h4-13,18H,3H2,1-2H3,(H,22,25,26)(H2,23,24,27). The normalized spacial score (nSPS) is 11.5. The molecule has 1 amide bonds. The van der Waals surface area contributed by atoms with Crippen molar-refractivity contribution < 1.29 is 4.79 Å². The Morgan fingerprint density at radius 1 is 1.10 bits per heavy atom. The second-order valence-electron chi connectivity index (χ2n) is 6.27. The third-order valence-corrected chi connectivity index (χ3v) is 6.35. The second kappa shape index (κ2) is 10.4. The van der Waals surface area contributed by atoms with Crippen LogP contribution >= 0.6 is 35.3 Å². The van der Waals surface area contributed by atoms with Crippen molar-refractivity contribution in [2.24, 2.45) is 0 Å². The molecule has 3 rings (SSSR count). The minimum atomic E-state index is -0.205. The zero-order valence-corrected chi connectivity index (χ0v) is 18.6. The molecule has 29 heavy (non-hydrogen) atoms. The van der Waals surface area contributed by atoms with Gasteiger partial charge in [-0.25, -0.2) is 4.98 Å². The van der Waals surface area contributed by atoms with Crippen LogP contribution in [0.2, 0.25) is 0 Å². The molecule has 3 aromatic rings. The summed E-state index contributed by atoms with van der Waals surface area (Å²) in [4.78, 5) is 17.9. The average Bonchev–Trinajstić information content (AvgIpc) is 3.11. The molecule has 0 spiro atoms. The van der Waals surface area contributed by atoms with E-state index in [4.69, 9.17) is 12.2 Å². The quantitative estimate of drug-likeness (QED) is 0.319. The molecule has 0 saturated carbocycles. The first kappa shape index (κ1) is 21.3. The van der Waals surface area contributed by atoms with Gasteiger partial charge in [-0.05, 0) is 55.9 Å². The molecule has 2 aromatic carbocycles. The van der Waals surface area contributed by atoms with Crippen LogP contribution in [-0.4, -0.2) is 21.3 Å². The van der Waals surface area contributed by atoms with Gasteiger partial charge in [-0.15, -0.1) is 23.1 Å². The molecule has 8 heteroatoms. The van der Waals surface area contributed by atoms with Gasteiger partial charge in [-0.3, -0.25) is 4.79 Å². The van der Waals surface area contributed by atoms with E-state index in [9.17, 15) is 4.79 Å². The highest BCUT2D eigenvalue weighted by Crippen LogP contribution is 2.29. The molecule has 1 aromatic heterocycles. The molecule has 0 aliphatic carbocycles. The van der Waals surface area contributed by atoms with E-state index in [1.807, 2.05) is 73.8 Å². The van der Waals surface area contributed by atoms with Crippen LogP contribution in [0.25, 0.3) is 0 Å². The van der Waals surface area contributed by atoms with Crippen LogP contribution in [0.1, 0.15) is 19.0 Å². The van der Waals surface area contributed by atoms with Crippen molar-refractivity contribution in [1.82, 2.24) is 4.98 Å². The first-order chi connectivity index (χ1) is 14.0. The van der Waals surface area contributed by atoms with Crippen LogP contribution in [0, 0.1) is 6.92 Å². The Morgan fingerprint density at radius 2 is 1.83 bits per heavy atom. The number of anilines is 3. The van der Waals surface area contributed by atoms with E-state index < -0.39 is 0 Å². The number of thiocarbonyl (C=S) groups is 1. The lowest BCUT2D eigenvalue weighted by Crippen LogP contribution is -2.24. The number of benzene rings is 2. The van der Waals surface area contributed by atoms with E-state index in [1.54, 1.807) is 0 Å². The summed E-state index contributed by atoms with van der Waals surface area (Å²) in [6.45, 7) is 3.92. The van der Waals surface area contributed by atoms with Gasteiger partial charge in [-0.1, -0.05) is 31.2 Å². The molecule has 0 aliphatic heterocycles. The Labute approximate surface area is 184 Å². The molecule has 0 fully saturated rings. The number of aromatic nitrogens is 1. The summed E-state index contributed by atoms with van der Waals surface area (Å²) in [5.74, 6) is -0.0357. The monoisotopic (exact) mass is 442 g/mol. The predicted molar refractivity (Wildman–Crippen MR) is 128 cm³/mol. The number of hydrogen-bond donors (Lipinski definition) is 3. The number of amides is 1. The SMILES string of the molecule is CCC(Sc1cccc(NC(=S)Nc2ccccc2)c1)C(=O)Nc1nc(C)cs1. The molecule has 3 N–H and O–H groups in total. The van der Waals surface area contributed by atoms with E-state index in [0.29, 0.717) is 16.7 Å². The molecule has 0 saturated heterocycles. The second-order valence-corrected chi connectivity index (χ2v) is 8.81. The number of aryl methyl sites for hydroxylation is 1. The summed E-state index contributed by atoms with van der Waals surface area (Å²) in [6, 6.07) is 17.6. The van der Waals surface area contributed by atoms with Crippen molar-refractivity contribution in [3.05, 3.63) is 65.7 Å². The summed E-state index contributed by atoms with van der Waals surface area (Å²) >= 11 is 8.36. The van der Waals surface area contributed by atoms with Gasteiger partial charge in [0.1, 0.15) is 0 Å². The van der Waals surface area contributed by atoms with Gasteiger partial charge in [0.2, 0.25) is 5.91 Å². The molecule has 1 atom stereocenters. The van der Waals surface area contributed by atoms with Crippen molar-refractivity contribution in [3.8, 4) is 0 Å². The van der Waals surface area contributed by atoms with Gasteiger partial charge in [-0.2, -0.15) is 0 Å². The van der Waals surface area contributed by atoms with Gasteiger partial charge in [0.05, 0.1) is 10.9 Å².